The van der Waals surface area contributed by atoms with Crippen molar-refractivity contribution in [2.24, 2.45) is 0 Å². The van der Waals surface area contributed by atoms with Gasteiger partial charge in [0.1, 0.15) is 91.6 Å². The van der Waals surface area contributed by atoms with Gasteiger partial charge in [-0.2, -0.15) is 0 Å². The third-order valence-corrected chi connectivity index (χ3v) is 17.6. The van der Waals surface area contributed by atoms with Crippen molar-refractivity contribution in [2.75, 3.05) is 103 Å². The van der Waals surface area contributed by atoms with E-state index in [1.54, 1.807) is 35.4 Å². The van der Waals surface area contributed by atoms with Gasteiger partial charge in [0.2, 0.25) is 48.2 Å². The van der Waals surface area contributed by atoms with E-state index >= 15 is 0 Å². The molecule has 0 bridgehead atoms. The topological polar surface area (TPSA) is 577 Å². The number of aliphatic hydroxyl groups is 8. The van der Waals surface area contributed by atoms with E-state index in [1.165, 1.54) is 56.1 Å². The zero-order valence-electron chi connectivity index (χ0n) is 70.6. The smallest absolute Gasteiger partial charge is 0.305 e. The molecule has 5 saturated heterocycles. The first-order chi connectivity index (χ1) is 55.9. The van der Waals surface area contributed by atoms with Gasteiger partial charge in [0.15, 0.2) is 43.4 Å². The zero-order chi connectivity index (χ0) is 91.0. The first kappa shape index (κ1) is 109. The summed E-state index contributed by atoms with van der Waals surface area (Å²) in [6, 6.07) is -0.362. The van der Waals surface area contributed by atoms with Crippen LogP contribution in [0, 0.1) is 0 Å². The number of amides is 5. The highest BCUT2D eigenvalue weighted by Crippen LogP contribution is 2.34. The average Bonchev–Trinajstić information content (AvgIpc) is 0.767. The van der Waals surface area contributed by atoms with E-state index in [0.29, 0.717) is 12.0 Å². The molecule has 26 unspecified atom stereocenters. The Morgan fingerprint density at radius 2 is 0.849 bits per heavy atom. The second-order valence-electron chi connectivity index (χ2n) is 27.2. The lowest BCUT2D eigenvalue weighted by Crippen LogP contribution is -2.65. The molecule has 26 atom stereocenters. The lowest BCUT2D eigenvalue weighted by molar-refractivity contribution is -0.306. The second-order valence-corrected chi connectivity index (χ2v) is 27.2. The Morgan fingerprint density at radius 3 is 1.29 bits per heavy atom. The minimum Gasteiger partial charge on any atom is -0.485 e. The molecule has 0 aromatic heterocycles. The van der Waals surface area contributed by atoms with Gasteiger partial charge in [-0.3, -0.25) is 47.9 Å². The molecule has 5 fully saturated rings. The van der Waals surface area contributed by atoms with Crippen molar-refractivity contribution in [3.63, 3.8) is 0 Å². The Labute approximate surface area is 691 Å². The summed E-state index contributed by atoms with van der Waals surface area (Å²) in [6.07, 6.45) is -23.5. The Morgan fingerprint density at radius 1 is 0.395 bits per heavy atom. The number of rotatable bonds is 37. The van der Waals surface area contributed by atoms with Gasteiger partial charge in [0.25, 0.3) is 0 Å². The molecule has 0 saturated carbocycles. The molecule has 0 aromatic carbocycles. The van der Waals surface area contributed by atoms with Gasteiger partial charge in [-0.1, -0.05) is 52.8 Å². The number of carbonyl (C=O) groups excluding carboxylic acids is 10. The summed E-state index contributed by atoms with van der Waals surface area (Å²) in [6.45, 7) is 34.5. The number of carbonyl (C=O) groups is 10. The van der Waals surface area contributed by atoms with Crippen LogP contribution in [-0.2, 0) is 143 Å². The number of aliphatic hydroxyl groups excluding tert-OH is 8. The second kappa shape index (κ2) is 55.9. The molecule has 0 aliphatic carbocycles. The maximum absolute atomic E-state index is 12.2. The number of allylic oxidation sites excluding steroid dienone is 1. The molecule has 43 heteroatoms. The van der Waals surface area contributed by atoms with Crippen LogP contribution in [0.2, 0.25) is 0 Å². The fourth-order valence-corrected chi connectivity index (χ4v) is 11.8. The Kier molecular flexibility index (Phi) is 51.2. The van der Waals surface area contributed by atoms with Crippen LogP contribution in [0.3, 0.4) is 0 Å². The van der Waals surface area contributed by atoms with Crippen molar-refractivity contribution in [3.8, 4) is 0 Å². The van der Waals surface area contributed by atoms with Crippen LogP contribution in [0.1, 0.15) is 88.5 Å². The highest BCUT2D eigenvalue weighted by atomic mass is 16.8. The van der Waals surface area contributed by atoms with E-state index in [9.17, 15) is 78.6 Å². The fourth-order valence-electron chi connectivity index (χ4n) is 11.8. The predicted octanol–water partition coefficient (Wildman–Crippen LogP) is -3.48. The Hall–Kier alpha value is -7.94. The van der Waals surface area contributed by atoms with Crippen LogP contribution in [0.15, 0.2) is 73.1 Å². The lowest BCUT2D eigenvalue weighted by atomic mass is 9.91. The first-order valence-corrected chi connectivity index (χ1v) is 37.3. The first-order valence-electron chi connectivity index (χ1n) is 37.3. The molecule has 5 aliphatic rings. The molecule has 0 aromatic rings. The number of hydrogen-bond donors (Lipinski definition) is 13. The molecule has 119 heavy (non-hydrogen) atoms. The third-order valence-electron chi connectivity index (χ3n) is 17.6. The standard InChI is InChI=1S/C19H27NO9.C17H31NO7.C14H21NO8.C13H23NO8.C13H23NO6/c1-9(2)18(24)20-8-14-15(26-11(5)21)16(27-12(6)22)17(25-10(3)4)19(29-14)28-13(7)23;1-7-8-11(18-16(20)10(2)9-19)12-13(21-3)14(22-4)15(23-5)17(24-6)25-12;1-6(2)13(20)15-5-9-12(21-7(3)16)10(18)11(19)14(23-9)22-8(4)17;1-7(2-4-15)12(19)14-3-5-21-6-8-9(16)10(17)11(18)13(20)22-8;1-7(2)11(15)14-12-9(17-4)8(16-3)10(18-5)13(19-6)20-12/h14-17,19H,1,3,8H2,2,4-7H3,(H,20,24);11-15,17,19H,2,7-9H2,1,3-6H3,(H,18,20);9-12,14,18-19H,1,5H2,2-4H3,(H,15,20);8-11,13,15-18,20H,1-6H2,(H,14,19);8-10,12-13H,1H2,2-6H3,(H,14,15). The van der Waals surface area contributed by atoms with Crippen molar-refractivity contribution < 1.29 is 184 Å². The summed E-state index contributed by atoms with van der Waals surface area (Å²) in [7, 11) is 12.3. The van der Waals surface area contributed by atoms with Gasteiger partial charge < -0.3 is 162 Å². The summed E-state index contributed by atoms with van der Waals surface area (Å²) in [5.41, 5.74) is 1.23. The summed E-state index contributed by atoms with van der Waals surface area (Å²) in [4.78, 5) is 116. The molecule has 5 heterocycles. The lowest BCUT2D eigenvalue weighted by Gasteiger charge is -2.46. The quantitative estimate of drug-likeness (QED) is 0.00944. The van der Waals surface area contributed by atoms with E-state index in [-0.39, 0.29) is 91.8 Å². The molecule has 682 valence electrons. The molecule has 0 spiro atoms. The van der Waals surface area contributed by atoms with Gasteiger partial charge in [-0.25, -0.2) is 0 Å². The summed E-state index contributed by atoms with van der Waals surface area (Å²) < 4.78 is 107. The maximum Gasteiger partial charge on any atom is 0.305 e. The third kappa shape index (κ3) is 35.6. The number of esters is 5. The van der Waals surface area contributed by atoms with Crippen molar-refractivity contribution >= 4 is 59.4 Å². The van der Waals surface area contributed by atoms with E-state index in [1.807, 2.05) is 6.92 Å². The predicted molar refractivity (Wildman–Crippen MR) is 411 cm³/mol. The summed E-state index contributed by atoms with van der Waals surface area (Å²) in [5.74, 6) is -5.28. The maximum atomic E-state index is 12.2. The van der Waals surface area contributed by atoms with Crippen LogP contribution >= 0.6 is 0 Å². The van der Waals surface area contributed by atoms with E-state index < -0.39 is 208 Å². The monoisotopic (exact) mass is 1720 g/mol. The Bertz CT molecular complexity index is 3290. The van der Waals surface area contributed by atoms with Crippen molar-refractivity contribution in [3.05, 3.63) is 73.1 Å². The van der Waals surface area contributed by atoms with Gasteiger partial charge in [0, 0.05) is 152 Å². The summed E-state index contributed by atoms with van der Waals surface area (Å²) >= 11 is 0. The number of hydrogen-bond acceptors (Lipinski definition) is 38. The molecule has 43 nitrogen and oxygen atoms in total. The largest absolute Gasteiger partial charge is 0.485 e. The molecular formula is C76H125N5O38. The summed E-state index contributed by atoms with van der Waals surface area (Å²) in [5, 5.41) is 88.7. The van der Waals surface area contributed by atoms with Crippen LogP contribution in [0.5, 0.6) is 0 Å². The minimum atomic E-state index is -1.60. The average molecular weight is 1720 g/mol. The molecule has 5 rings (SSSR count). The molecule has 5 amide bonds. The van der Waals surface area contributed by atoms with Gasteiger partial charge in [-0.05, 0) is 34.1 Å². The number of methoxy groups -OCH3 is 8. The van der Waals surface area contributed by atoms with Crippen LogP contribution in [0.25, 0.3) is 0 Å². The minimum absolute atomic E-state index is 0.0900. The number of nitrogens with one attached hydrogen (secondary N) is 5. The van der Waals surface area contributed by atoms with Gasteiger partial charge in [0.05, 0.1) is 31.6 Å². The normalized spacial score (nSPS) is 30.2. The highest BCUT2D eigenvalue weighted by Gasteiger charge is 2.55. The van der Waals surface area contributed by atoms with Gasteiger partial charge >= 0.3 is 29.8 Å². The molecular weight excluding hydrogens is 1590 g/mol. The SMILES string of the molecule is C=C(C)C(=O)NC1OC(OC)C(OC)C(OC)C1OC.C=C(C)C(=O)NCC1OC(OC(C)=O)C(O)C(O)C1OC(C)=O.C=C(C)OC1C(OC(C)=O)OC(CNC(=O)C(=C)C)C(OC(C)=O)C1OC(C)=O.C=C(CCO)C(=O)NCCOCC1OC(O)C(O)C(O)C1O.C=C(CO)C(=O)NC(CCC)C1OC(OC)C(OC)C(OC)C1OC. The Balaban J connectivity index is 0.000000748. The van der Waals surface area contributed by atoms with Crippen molar-refractivity contribution in [1.29, 1.82) is 0 Å². The fraction of sp³-hybridized carbons (Fsp3) is 0.711. The van der Waals surface area contributed by atoms with Crippen LogP contribution < -0.4 is 26.6 Å². The van der Waals surface area contributed by atoms with Crippen LogP contribution in [0.4, 0.5) is 0 Å². The highest BCUT2D eigenvalue weighted by molar-refractivity contribution is 5.94. The molecule has 13 N–H and O–H groups in total. The molecule has 0 radical (unpaired) electrons. The van der Waals surface area contributed by atoms with E-state index in [2.05, 4.69) is 66.1 Å². The van der Waals surface area contributed by atoms with Crippen LogP contribution in [-0.4, -0.2) is 363 Å². The van der Waals surface area contributed by atoms with Gasteiger partial charge in [-0.15, -0.1) is 0 Å². The van der Waals surface area contributed by atoms with E-state index in [0.717, 1.165) is 34.1 Å². The van der Waals surface area contributed by atoms with Crippen molar-refractivity contribution in [1.82, 2.24) is 26.6 Å². The van der Waals surface area contributed by atoms with Crippen molar-refractivity contribution in [2.45, 2.75) is 248 Å². The number of ether oxygens (including phenoxy) is 20. The molecule has 5 aliphatic heterocycles. The zero-order valence-corrected chi connectivity index (χ0v) is 70.6. The van der Waals surface area contributed by atoms with E-state index in [4.69, 9.17) is 105 Å².